The lowest BCUT2D eigenvalue weighted by Gasteiger charge is -2.27. The molecule has 2 fully saturated rings. The van der Waals surface area contributed by atoms with Crippen LogP contribution >= 0.6 is 0 Å². The summed E-state index contributed by atoms with van der Waals surface area (Å²) in [6.07, 6.45) is 8.11. The molecule has 2 aromatic rings. The average molecular weight is 409 g/mol. The van der Waals surface area contributed by atoms with E-state index in [0.29, 0.717) is 5.92 Å². The molecule has 1 N–H and O–H groups in total. The molecule has 1 aromatic heterocycles. The minimum absolute atomic E-state index is 0.109. The van der Waals surface area contributed by atoms with Gasteiger partial charge in [0.1, 0.15) is 5.75 Å². The average Bonchev–Trinajstić information content (AvgIpc) is 3.58. The second kappa shape index (κ2) is 8.80. The Balaban J connectivity index is 1.20. The summed E-state index contributed by atoms with van der Waals surface area (Å²) in [5.74, 6) is 1.65. The van der Waals surface area contributed by atoms with Gasteiger partial charge in [-0.25, -0.2) is 0 Å². The molecule has 1 aromatic carbocycles. The number of benzene rings is 1. The molecule has 1 saturated heterocycles. The first-order chi connectivity index (χ1) is 14.8. The zero-order valence-corrected chi connectivity index (χ0v) is 17.7. The monoisotopic (exact) mass is 408 g/mol. The van der Waals surface area contributed by atoms with Crippen molar-refractivity contribution in [3.05, 3.63) is 46.8 Å². The number of para-hydroxylation sites is 1. The van der Waals surface area contributed by atoms with Gasteiger partial charge >= 0.3 is 0 Å². The maximum atomic E-state index is 12.5. The second-order valence-corrected chi connectivity index (χ2v) is 8.95. The molecule has 0 radical (unpaired) electrons. The van der Waals surface area contributed by atoms with Gasteiger partial charge in [-0.1, -0.05) is 18.2 Å². The molecule has 1 amide bonds. The molecular weight excluding hydrogens is 376 g/mol. The van der Waals surface area contributed by atoms with Crippen LogP contribution in [0.3, 0.4) is 0 Å². The summed E-state index contributed by atoms with van der Waals surface area (Å²) in [6.45, 7) is 4.78. The SMILES string of the molecule is O=C(COc1ccccc1CN1CCc2[nH]nc(C3CC3)c2CC1)N1CCCCC1. The van der Waals surface area contributed by atoms with Gasteiger partial charge in [-0.05, 0) is 50.2 Å². The van der Waals surface area contributed by atoms with Crippen LogP contribution in [-0.2, 0) is 24.2 Å². The van der Waals surface area contributed by atoms with Crippen LogP contribution in [0.1, 0.15) is 60.5 Å². The first-order valence-electron chi connectivity index (χ1n) is 11.5. The molecule has 3 heterocycles. The van der Waals surface area contributed by atoms with E-state index in [1.54, 1.807) is 0 Å². The molecule has 160 valence electrons. The number of fused-ring (bicyclic) bond motifs is 1. The maximum absolute atomic E-state index is 12.5. The summed E-state index contributed by atoms with van der Waals surface area (Å²) in [5, 5.41) is 7.91. The van der Waals surface area contributed by atoms with Gasteiger partial charge in [-0.15, -0.1) is 0 Å². The normalized spacial score (nSPS) is 19.9. The first-order valence-corrected chi connectivity index (χ1v) is 11.5. The molecule has 3 aliphatic rings. The Morgan fingerprint density at radius 1 is 1.07 bits per heavy atom. The lowest BCUT2D eigenvalue weighted by atomic mass is 10.1. The van der Waals surface area contributed by atoms with Crippen LogP contribution in [0.2, 0.25) is 0 Å². The third-order valence-electron chi connectivity index (χ3n) is 6.73. The van der Waals surface area contributed by atoms with Gasteiger partial charge in [0.2, 0.25) is 0 Å². The fourth-order valence-electron chi connectivity index (χ4n) is 4.80. The largest absolute Gasteiger partial charge is 0.483 e. The number of likely N-dealkylation sites (tertiary alicyclic amines) is 1. The predicted octanol–water partition coefficient (Wildman–Crippen LogP) is 3.28. The van der Waals surface area contributed by atoms with Crippen molar-refractivity contribution in [3.63, 3.8) is 0 Å². The fourth-order valence-corrected chi connectivity index (χ4v) is 4.80. The Morgan fingerprint density at radius 2 is 1.87 bits per heavy atom. The minimum atomic E-state index is 0.109. The highest BCUT2D eigenvalue weighted by molar-refractivity contribution is 5.77. The summed E-state index contributed by atoms with van der Waals surface area (Å²) in [5.41, 5.74) is 5.29. The highest BCUT2D eigenvalue weighted by Gasteiger charge is 2.31. The number of hydrogen-bond donors (Lipinski definition) is 1. The topological polar surface area (TPSA) is 61.5 Å². The van der Waals surface area contributed by atoms with Gasteiger partial charge in [-0.2, -0.15) is 5.10 Å². The molecule has 0 bridgehead atoms. The first kappa shape index (κ1) is 19.6. The zero-order chi connectivity index (χ0) is 20.3. The van der Waals surface area contributed by atoms with E-state index in [1.165, 1.54) is 36.2 Å². The number of nitrogens with zero attached hydrogens (tertiary/aromatic N) is 3. The van der Waals surface area contributed by atoms with Gasteiger partial charge in [0.15, 0.2) is 6.61 Å². The van der Waals surface area contributed by atoms with Gasteiger partial charge in [0.25, 0.3) is 5.91 Å². The van der Waals surface area contributed by atoms with Crippen LogP contribution in [0.25, 0.3) is 0 Å². The van der Waals surface area contributed by atoms with Crippen LogP contribution < -0.4 is 4.74 Å². The predicted molar refractivity (Wildman–Crippen MR) is 116 cm³/mol. The number of aromatic amines is 1. The Labute approximate surface area is 178 Å². The summed E-state index contributed by atoms with van der Waals surface area (Å²) in [6, 6.07) is 8.17. The molecule has 2 aliphatic heterocycles. The van der Waals surface area contributed by atoms with Crippen molar-refractivity contribution in [2.75, 3.05) is 32.8 Å². The number of rotatable bonds is 6. The molecule has 1 saturated carbocycles. The van der Waals surface area contributed by atoms with Gasteiger partial charge in [-0.3, -0.25) is 14.8 Å². The van der Waals surface area contributed by atoms with Crippen LogP contribution in [0.4, 0.5) is 0 Å². The quantitative estimate of drug-likeness (QED) is 0.797. The van der Waals surface area contributed by atoms with Gasteiger partial charge in [0, 0.05) is 56.3 Å². The molecule has 0 spiro atoms. The highest BCUT2D eigenvalue weighted by Crippen LogP contribution is 2.41. The van der Waals surface area contributed by atoms with E-state index in [9.17, 15) is 4.79 Å². The van der Waals surface area contributed by atoms with Crippen molar-refractivity contribution in [2.45, 2.75) is 57.4 Å². The number of amides is 1. The van der Waals surface area contributed by atoms with E-state index in [0.717, 1.165) is 69.7 Å². The van der Waals surface area contributed by atoms with Gasteiger partial charge in [0.05, 0.1) is 5.69 Å². The number of carbonyl (C=O) groups excluding carboxylic acids is 1. The van der Waals surface area contributed by atoms with E-state index in [1.807, 2.05) is 17.0 Å². The van der Waals surface area contributed by atoms with Crippen LogP contribution in [0, 0.1) is 0 Å². The summed E-state index contributed by atoms with van der Waals surface area (Å²) in [4.78, 5) is 16.9. The van der Waals surface area contributed by atoms with Crippen LogP contribution in [-0.4, -0.2) is 58.7 Å². The number of H-pyrrole nitrogens is 1. The van der Waals surface area contributed by atoms with Crippen molar-refractivity contribution in [1.29, 1.82) is 0 Å². The molecule has 6 heteroatoms. The molecule has 6 nitrogen and oxygen atoms in total. The van der Waals surface area contributed by atoms with E-state index in [2.05, 4.69) is 27.2 Å². The Kier molecular flexibility index (Phi) is 5.75. The van der Waals surface area contributed by atoms with Gasteiger partial charge < -0.3 is 9.64 Å². The number of nitrogens with one attached hydrogen (secondary N) is 1. The zero-order valence-electron chi connectivity index (χ0n) is 17.7. The Morgan fingerprint density at radius 3 is 2.70 bits per heavy atom. The summed E-state index contributed by atoms with van der Waals surface area (Å²) in [7, 11) is 0. The number of carbonyl (C=O) groups is 1. The molecule has 1 aliphatic carbocycles. The van der Waals surface area contributed by atoms with Crippen LogP contribution in [0.15, 0.2) is 24.3 Å². The van der Waals surface area contributed by atoms with Crippen molar-refractivity contribution >= 4 is 5.91 Å². The summed E-state index contributed by atoms with van der Waals surface area (Å²) < 4.78 is 6.00. The fraction of sp³-hybridized carbons (Fsp3) is 0.583. The molecular formula is C24H32N4O2. The third kappa shape index (κ3) is 4.38. The highest BCUT2D eigenvalue weighted by atomic mass is 16.5. The minimum Gasteiger partial charge on any atom is -0.483 e. The Hall–Kier alpha value is -2.34. The van der Waals surface area contributed by atoms with E-state index in [4.69, 9.17) is 4.74 Å². The number of hydrogen-bond acceptors (Lipinski definition) is 4. The lowest BCUT2D eigenvalue weighted by molar-refractivity contribution is -0.134. The maximum Gasteiger partial charge on any atom is 0.260 e. The van der Waals surface area contributed by atoms with E-state index >= 15 is 0 Å². The third-order valence-corrected chi connectivity index (χ3v) is 6.73. The molecule has 5 rings (SSSR count). The lowest BCUT2D eigenvalue weighted by Crippen LogP contribution is -2.38. The van der Waals surface area contributed by atoms with Crippen molar-refractivity contribution in [3.8, 4) is 5.75 Å². The number of ether oxygens (including phenoxy) is 1. The number of piperidine rings is 1. The standard InChI is InChI=1S/C24H32N4O2/c29-23(28-12-4-1-5-13-28)17-30-22-7-3-2-6-19(22)16-27-14-10-20-21(11-15-27)25-26-24(20)18-8-9-18/h2-3,6-7,18H,1,4-5,8-17H2,(H,25,26). The second-order valence-electron chi connectivity index (χ2n) is 8.95. The van der Waals surface area contributed by atoms with Crippen molar-refractivity contribution < 1.29 is 9.53 Å². The van der Waals surface area contributed by atoms with Crippen molar-refractivity contribution in [2.24, 2.45) is 0 Å². The molecule has 0 atom stereocenters. The smallest absolute Gasteiger partial charge is 0.260 e. The summed E-state index contributed by atoms with van der Waals surface area (Å²) >= 11 is 0. The Bertz CT molecular complexity index is 883. The van der Waals surface area contributed by atoms with E-state index in [-0.39, 0.29) is 12.5 Å². The number of aromatic nitrogens is 2. The molecule has 30 heavy (non-hydrogen) atoms. The van der Waals surface area contributed by atoms with Crippen LogP contribution in [0.5, 0.6) is 5.75 Å². The van der Waals surface area contributed by atoms with Crippen molar-refractivity contribution in [1.82, 2.24) is 20.0 Å². The van der Waals surface area contributed by atoms with E-state index < -0.39 is 0 Å². The molecule has 0 unspecified atom stereocenters.